The summed E-state index contributed by atoms with van der Waals surface area (Å²) < 4.78 is 6.38. The van der Waals surface area contributed by atoms with E-state index in [2.05, 4.69) is 60.9 Å². The lowest BCUT2D eigenvalue weighted by Gasteiger charge is -2.40. The van der Waals surface area contributed by atoms with Gasteiger partial charge in [-0.2, -0.15) is 0 Å². The minimum Gasteiger partial charge on any atom is -0.489 e. The number of piperazine rings is 1. The van der Waals surface area contributed by atoms with Crippen LogP contribution in [-0.2, 0) is 23.4 Å². The first-order chi connectivity index (χ1) is 17.2. The fraction of sp³-hybridized carbons (Fsp3) is 0.567. The lowest BCUT2D eigenvalue weighted by atomic mass is 9.86. The summed E-state index contributed by atoms with van der Waals surface area (Å²) in [5, 5.41) is 11.0. The number of ether oxygens (including phenoxy) is 1. The number of aliphatic hydroxyl groups excluding tert-OH is 1. The van der Waals surface area contributed by atoms with Crippen molar-refractivity contribution in [2.75, 3.05) is 39.3 Å². The first-order valence-electron chi connectivity index (χ1n) is 13.4. The molecule has 2 atom stereocenters. The number of hydrogen-bond donors (Lipinski definition) is 1. The first kappa shape index (κ1) is 26.6. The summed E-state index contributed by atoms with van der Waals surface area (Å²) in [5.74, 6) is 1.10. The van der Waals surface area contributed by atoms with Gasteiger partial charge in [0.1, 0.15) is 12.4 Å². The number of hydrogen-bond acceptors (Lipinski definition) is 5. The van der Waals surface area contributed by atoms with Gasteiger partial charge in [-0.3, -0.25) is 14.6 Å². The van der Waals surface area contributed by atoms with Crippen molar-refractivity contribution in [2.24, 2.45) is 0 Å². The molecule has 0 aliphatic carbocycles. The Bertz CT molecular complexity index is 996. The summed E-state index contributed by atoms with van der Waals surface area (Å²) in [6.45, 7) is 14.7. The normalized spacial score (nSPS) is 22.3. The molecule has 2 fully saturated rings. The Morgan fingerprint density at radius 2 is 1.67 bits per heavy atom. The molecule has 2 heterocycles. The van der Waals surface area contributed by atoms with Gasteiger partial charge in [0.2, 0.25) is 5.91 Å². The van der Waals surface area contributed by atoms with Gasteiger partial charge in [-0.05, 0) is 35.4 Å². The minimum atomic E-state index is -0.337. The van der Waals surface area contributed by atoms with Gasteiger partial charge in [-0.25, -0.2) is 0 Å². The smallest absolute Gasteiger partial charge is 0.219 e. The van der Waals surface area contributed by atoms with Crippen LogP contribution in [0.2, 0.25) is 0 Å². The number of rotatable bonds is 6. The van der Waals surface area contributed by atoms with E-state index >= 15 is 0 Å². The number of amides is 1. The molecule has 0 aromatic heterocycles. The lowest BCUT2D eigenvalue weighted by molar-refractivity contribution is -0.131. The second-order valence-electron chi connectivity index (χ2n) is 11.4. The second kappa shape index (κ2) is 11.8. The van der Waals surface area contributed by atoms with Gasteiger partial charge in [-0.1, -0.05) is 63.2 Å². The predicted octanol–water partition coefficient (Wildman–Crippen LogP) is 4.05. The van der Waals surface area contributed by atoms with Crippen molar-refractivity contribution in [3.63, 3.8) is 0 Å². The Kier molecular flexibility index (Phi) is 8.70. The van der Waals surface area contributed by atoms with Crippen molar-refractivity contribution in [2.45, 2.75) is 71.2 Å². The molecular weight excluding hydrogens is 450 g/mol. The number of likely N-dealkylation sites (tertiary alicyclic amines) is 1. The maximum absolute atomic E-state index is 11.7. The first-order valence-corrected chi connectivity index (χ1v) is 13.4. The fourth-order valence-electron chi connectivity index (χ4n) is 5.34. The summed E-state index contributed by atoms with van der Waals surface area (Å²) in [7, 11) is 0. The Balaban J connectivity index is 1.43. The van der Waals surface area contributed by atoms with E-state index in [1.807, 2.05) is 23.1 Å². The van der Waals surface area contributed by atoms with Gasteiger partial charge in [0.25, 0.3) is 0 Å². The topological polar surface area (TPSA) is 56.3 Å². The van der Waals surface area contributed by atoms with Crippen molar-refractivity contribution < 1.29 is 14.6 Å². The SMILES string of the molecule is CC(=O)N1CCN([C@H]2CCN(Cc3ccc(C(C)(C)C)cc3OCc3ccccc3)CC[C@@H]2O)CC1. The molecule has 196 valence electrons. The van der Waals surface area contributed by atoms with E-state index in [1.165, 1.54) is 11.1 Å². The monoisotopic (exact) mass is 493 g/mol. The van der Waals surface area contributed by atoms with Crippen LogP contribution in [0.4, 0.5) is 0 Å². The third kappa shape index (κ3) is 6.87. The highest BCUT2D eigenvalue weighted by Crippen LogP contribution is 2.31. The van der Waals surface area contributed by atoms with E-state index in [1.54, 1.807) is 6.92 Å². The van der Waals surface area contributed by atoms with Crippen LogP contribution in [0.1, 0.15) is 57.2 Å². The van der Waals surface area contributed by atoms with Crippen molar-refractivity contribution in [3.8, 4) is 5.75 Å². The molecule has 0 saturated carbocycles. The summed E-state index contributed by atoms with van der Waals surface area (Å²) >= 11 is 0. The van der Waals surface area contributed by atoms with Crippen molar-refractivity contribution in [1.82, 2.24) is 14.7 Å². The van der Waals surface area contributed by atoms with Crippen LogP contribution < -0.4 is 4.74 Å². The molecule has 6 nitrogen and oxygen atoms in total. The standard InChI is InChI=1S/C30H43N3O3/c1-23(34)32-16-18-33(19-17-32)27-12-14-31(15-13-28(27)35)21-25-10-11-26(30(2,3)4)20-29(25)36-22-24-8-6-5-7-9-24/h5-11,20,27-28,35H,12-19,21-22H2,1-4H3/t27-,28-/m0/s1. The molecule has 1 N–H and O–H groups in total. The maximum Gasteiger partial charge on any atom is 0.219 e. The molecule has 2 saturated heterocycles. The molecule has 0 unspecified atom stereocenters. The van der Waals surface area contributed by atoms with Crippen molar-refractivity contribution in [3.05, 3.63) is 65.2 Å². The number of nitrogens with zero attached hydrogens (tertiary/aromatic N) is 3. The molecule has 4 rings (SSSR count). The van der Waals surface area contributed by atoms with Crippen LogP contribution in [0.25, 0.3) is 0 Å². The van der Waals surface area contributed by atoms with E-state index < -0.39 is 0 Å². The maximum atomic E-state index is 11.7. The molecule has 0 radical (unpaired) electrons. The van der Waals surface area contributed by atoms with Crippen LogP contribution in [0.3, 0.4) is 0 Å². The van der Waals surface area contributed by atoms with Crippen LogP contribution in [0.5, 0.6) is 5.75 Å². The highest BCUT2D eigenvalue weighted by atomic mass is 16.5. The average molecular weight is 494 g/mol. The van der Waals surface area contributed by atoms with E-state index in [4.69, 9.17) is 4.74 Å². The quantitative estimate of drug-likeness (QED) is 0.658. The zero-order valence-electron chi connectivity index (χ0n) is 22.4. The molecule has 36 heavy (non-hydrogen) atoms. The zero-order valence-corrected chi connectivity index (χ0v) is 22.4. The molecule has 6 heteroatoms. The number of carbonyl (C=O) groups excluding carboxylic acids is 1. The third-order valence-corrected chi connectivity index (χ3v) is 7.72. The summed E-state index contributed by atoms with van der Waals surface area (Å²) in [6, 6.07) is 17.1. The molecule has 2 aromatic rings. The molecule has 1 amide bonds. The molecular formula is C30H43N3O3. The lowest BCUT2D eigenvalue weighted by Crippen LogP contribution is -2.54. The van der Waals surface area contributed by atoms with E-state index in [0.717, 1.165) is 70.0 Å². The van der Waals surface area contributed by atoms with Gasteiger partial charge in [-0.15, -0.1) is 0 Å². The molecule has 0 bridgehead atoms. The number of carbonyl (C=O) groups is 1. The van der Waals surface area contributed by atoms with Crippen LogP contribution in [0.15, 0.2) is 48.5 Å². The van der Waals surface area contributed by atoms with Gasteiger partial charge in [0.05, 0.1) is 6.10 Å². The highest BCUT2D eigenvalue weighted by Gasteiger charge is 2.32. The largest absolute Gasteiger partial charge is 0.489 e. The highest BCUT2D eigenvalue weighted by molar-refractivity contribution is 5.73. The Morgan fingerprint density at radius 3 is 2.33 bits per heavy atom. The number of benzene rings is 2. The van der Waals surface area contributed by atoms with Gasteiger partial charge < -0.3 is 14.7 Å². The van der Waals surface area contributed by atoms with E-state index in [0.29, 0.717) is 6.61 Å². The molecule has 2 aliphatic rings. The zero-order chi connectivity index (χ0) is 25.7. The van der Waals surface area contributed by atoms with Gasteiger partial charge >= 0.3 is 0 Å². The fourth-order valence-corrected chi connectivity index (χ4v) is 5.34. The van der Waals surface area contributed by atoms with Gasteiger partial charge in [0.15, 0.2) is 0 Å². The van der Waals surface area contributed by atoms with E-state index in [-0.39, 0.29) is 23.5 Å². The van der Waals surface area contributed by atoms with Crippen molar-refractivity contribution in [1.29, 1.82) is 0 Å². The van der Waals surface area contributed by atoms with E-state index in [9.17, 15) is 9.90 Å². The van der Waals surface area contributed by atoms with Crippen LogP contribution in [0, 0.1) is 0 Å². The van der Waals surface area contributed by atoms with Crippen LogP contribution in [-0.4, -0.2) is 77.1 Å². The van der Waals surface area contributed by atoms with Crippen LogP contribution >= 0.6 is 0 Å². The molecule has 0 spiro atoms. The minimum absolute atomic E-state index is 0.0513. The molecule has 2 aromatic carbocycles. The summed E-state index contributed by atoms with van der Waals surface area (Å²) in [4.78, 5) is 18.4. The second-order valence-corrected chi connectivity index (χ2v) is 11.4. The summed E-state index contributed by atoms with van der Waals surface area (Å²) in [6.07, 6.45) is 1.36. The Morgan fingerprint density at radius 1 is 0.972 bits per heavy atom. The number of aliphatic hydroxyl groups is 1. The molecule has 2 aliphatic heterocycles. The Hall–Kier alpha value is -2.41. The third-order valence-electron chi connectivity index (χ3n) is 7.72. The average Bonchev–Trinajstić information content (AvgIpc) is 3.04. The van der Waals surface area contributed by atoms with Gasteiger partial charge in [0, 0.05) is 64.3 Å². The Labute approximate surface area is 216 Å². The summed E-state index contributed by atoms with van der Waals surface area (Å²) in [5.41, 5.74) is 3.68. The predicted molar refractivity (Wildman–Crippen MR) is 144 cm³/mol. The van der Waals surface area contributed by atoms with Crippen molar-refractivity contribution >= 4 is 5.91 Å².